The van der Waals surface area contributed by atoms with E-state index in [1.165, 1.54) is 25.2 Å². The van der Waals surface area contributed by atoms with Crippen LogP contribution in [0.25, 0.3) is 0 Å². The number of benzene rings is 1. The van der Waals surface area contributed by atoms with Crippen LogP contribution in [-0.2, 0) is 0 Å². The van der Waals surface area contributed by atoms with Gasteiger partial charge < -0.3 is 10.6 Å². The molecule has 1 aromatic carbocycles. The third kappa shape index (κ3) is 1.62. The molecule has 2 heteroatoms. The van der Waals surface area contributed by atoms with E-state index < -0.39 is 0 Å². The molecule has 0 amide bonds. The van der Waals surface area contributed by atoms with E-state index in [2.05, 4.69) is 24.0 Å². The Morgan fingerprint density at radius 3 is 2.46 bits per heavy atom. The van der Waals surface area contributed by atoms with Crippen LogP contribution < -0.4 is 10.6 Å². The standard InChI is InChI=1S/C11H16N2/c1-2-9-7-13(8-9)11-5-3-10(12)4-6-11/h3-6,9H,2,7-8,12H2,1H3. The first-order chi connectivity index (χ1) is 6.29. The Morgan fingerprint density at radius 2 is 1.92 bits per heavy atom. The summed E-state index contributed by atoms with van der Waals surface area (Å²) in [6, 6.07) is 8.13. The van der Waals surface area contributed by atoms with Gasteiger partial charge in [0.25, 0.3) is 0 Å². The summed E-state index contributed by atoms with van der Waals surface area (Å²) in [4.78, 5) is 2.40. The maximum atomic E-state index is 5.62. The molecule has 2 rings (SSSR count). The topological polar surface area (TPSA) is 29.3 Å². The van der Waals surface area contributed by atoms with Crippen molar-refractivity contribution in [2.45, 2.75) is 13.3 Å². The number of hydrogen-bond donors (Lipinski definition) is 1. The molecule has 0 spiro atoms. The Bertz CT molecular complexity index is 273. The van der Waals surface area contributed by atoms with Crippen LogP contribution in [0.3, 0.4) is 0 Å². The molecule has 0 bridgehead atoms. The molecule has 1 aliphatic rings. The number of nitrogens with two attached hydrogens (primary N) is 1. The Labute approximate surface area is 79.4 Å². The lowest BCUT2D eigenvalue weighted by Gasteiger charge is -2.40. The third-order valence-electron chi connectivity index (χ3n) is 2.79. The van der Waals surface area contributed by atoms with Crippen LogP contribution in [0.15, 0.2) is 24.3 Å². The van der Waals surface area contributed by atoms with Crippen LogP contribution in [0.2, 0.25) is 0 Å². The lowest BCUT2D eigenvalue weighted by Crippen LogP contribution is -2.46. The molecule has 0 aliphatic carbocycles. The van der Waals surface area contributed by atoms with Crippen LogP contribution in [-0.4, -0.2) is 13.1 Å². The van der Waals surface area contributed by atoms with Crippen molar-refractivity contribution in [3.05, 3.63) is 24.3 Å². The second kappa shape index (κ2) is 3.29. The van der Waals surface area contributed by atoms with E-state index in [4.69, 9.17) is 5.73 Å². The fourth-order valence-corrected chi connectivity index (χ4v) is 1.72. The van der Waals surface area contributed by atoms with Crippen molar-refractivity contribution < 1.29 is 0 Å². The van der Waals surface area contributed by atoms with Crippen molar-refractivity contribution in [1.29, 1.82) is 0 Å². The molecule has 0 atom stereocenters. The van der Waals surface area contributed by atoms with E-state index in [-0.39, 0.29) is 0 Å². The molecule has 0 unspecified atom stereocenters. The Balaban J connectivity index is 1.99. The van der Waals surface area contributed by atoms with Gasteiger partial charge in [-0.1, -0.05) is 6.92 Å². The number of nitrogen functional groups attached to an aromatic ring is 1. The maximum Gasteiger partial charge on any atom is 0.0367 e. The molecule has 70 valence electrons. The zero-order valence-electron chi connectivity index (χ0n) is 8.03. The maximum absolute atomic E-state index is 5.62. The van der Waals surface area contributed by atoms with Crippen molar-refractivity contribution in [3.63, 3.8) is 0 Å². The Kier molecular flexibility index (Phi) is 2.13. The van der Waals surface area contributed by atoms with E-state index in [9.17, 15) is 0 Å². The van der Waals surface area contributed by atoms with Gasteiger partial charge in [0.15, 0.2) is 0 Å². The molecular formula is C11H16N2. The van der Waals surface area contributed by atoms with Crippen LogP contribution >= 0.6 is 0 Å². The SMILES string of the molecule is CCC1CN(c2ccc(N)cc2)C1. The Morgan fingerprint density at radius 1 is 1.31 bits per heavy atom. The molecule has 1 heterocycles. The second-order valence-corrected chi connectivity index (χ2v) is 3.77. The summed E-state index contributed by atoms with van der Waals surface area (Å²) in [5.74, 6) is 0.901. The predicted molar refractivity (Wildman–Crippen MR) is 56.8 cm³/mol. The predicted octanol–water partition coefficient (Wildman–Crippen LogP) is 2.12. The van der Waals surface area contributed by atoms with Gasteiger partial charge in [0.1, 0.15) is 0 Å². The molecular weight excluding hydrogens is 160 g/mol. The van der Waals surface area contributed by atoms with Crippen LogP contribution in [0.4, 0.5) is 11.4 Å². The normalized spacial score (nSPS) is 17.2. The highest BCUT2D eigenvalue weighted by Gasteiger charge is 2.24. The summed E-state index contributed by atoms with van der Waals surface area (Å²) in [5.41, 5.74) is 7.77. The highest BCUT2D eigenvalue weighted by atomic mass is 15.2. The fraction of sp³-hybridized carbons (Fsp3) is 0.455. The van der Waals surface area contributed by atoms with E-state index in [0.717, 1.165) is 11.6 Å². The first-order valence-electron chi connectivity index (χ1n) is 4.90. The van der Waals surface area contributed by atoms with Gasteiger partial charge in [-0.05, 0) is 36.6 Å². The number of hydrogen-bond acceptors (Lipinski definition) is 2. The number of rotatable bonds is 2. The highest BCUT2D eigenvalue weighted by Crippen LogP contribution is 2.26. The quantitative estimate of drug-likeness (QED) is 0.699. The average molecular weight is 176 g/mol. The zero-order valence-corrected chi connectivity index (χ0v) is 8.03. The lowest BCUT2D eigenvalue weighted by atomic mass is 9.96. The first-order valence-corrected chi connectivity index (χ1v) is 4.90. The molecule has 2 nitrogen and oxygen atoms in total. The average Bonchev–Trinajstić information content (AvgIpc) is 2.06. The monoisotopic (exact) mass is 176 g/mol. The van der Waals surface area contributed by atoms with Gasteiger partial charge in [-0.3, -0.25) is 0 Å². The molecule has 2 N–H and O–H groups in total. The molecule has 1 aliphatic heterocycles. The van der Waals surface area contributed by atoms with Gasteiger partial charge >= 0.3 is 0 Å². The molecule has 0 aromatic heterocycles. The van der Waals surface area contributed by atoms with Crippen molar-refractivity contribution in [2.24, 2.45) is 5.92 Å². The molecule has 1 aromatic rings. The first kappa shape index (κ1) is 8.42. The molecule has 0 radical (unpaired) electrons. The van der Waals surface area contributed by atoms with Crippen LogP contribution in [0, 0.1) is 5.92 Å². The van der Waals surface area contributed by atoms with E-state index >= 15 is 0 Å². The second-order valence-electron chi connectivity index (χ2n) is 3.77. The van der Waals surface area contributed by atoms with Crippen LogP contribution in [0.5, 0.6) is 0 Å². The van der Waals surface area contributed by atoms with Gasteiger partial charge in [-0.25, -0.2) is 0 Å². The Hall–Kier alpha value is -1.18. The summed E-state index contributed by atoms with van der Waals surface area (Å²) < 4.78 is 0. The third-order valence-corrected chi connectivity index (χ3v) is 2.79. The van der Waals surface area contributed by atoms with E-state index in [1.54, 1.807) is 0 Å². The fourth-order valence-electron chi connectivity index (χ4n) is 1.72. The minimum atomic E-state index is 0.844. The van der Waals surface area contributed by atoms with Gasteiger partial charge in [-0.2, -0.15) is 0 Å². The van der Waals surface area contributed by atoms with Crippen LogP contribution in [0.1, 0.15) is 13.3 Å². The van der Waals surface area contributed by atoms with Crippen molar-refractivity contribution in [1.82, 2.24) is 0 Å². The van der Waals surface area contributed by atoms with E-state index in [0.29, 0.717) is 0 Å². The summed E-state index contributed by atoms with van der Waals surface area (Å²) in [6.07, 6.45) is 1.30. The van der Waals surface area contributed by atoms with Gasteiger partial charge in [0.05, 0.1) is 0 Å². The zero-order chi connectivity index (χ0) is 9.26. The minimum absolute atomic E-state index is 0.844. The lowest BCUT2D eigenvalue weighted by molar-refractivity contribution is 0.399. The minimum Gasteiger partial charge on any atom is -0.399 e. The van der Waals surface area contributed by atoms with Gasteiger partial charge in [0.2, 0.25) is 0 Å². The molecule has 1 fully saturated rings. The van der Waals surface area contributed by atoms with Crippen molar-refractivity contribution in [2.75, 3.05) is 23.7 Å². The molecule has 0 saturated carbocycles. The van der Waals surface area contributed by atoms with Crippen molar-refractivity contribution >= 4 is 11.4 Å². The summed E-state index contributed by atoms with van der Waals surface area (Å²) >= 11 is 0. The van der Waals surface area contributed by atoms with Crippen molar-refractivity contribution in [3.8, 4) is 0 Å². The summed E-state index contributed by atoms with van der Waals surface area (Å²) in [5, 5.41) is 0. The molecule has 13 heavy (non-hydrogen) atoms. The number of nitrogens with zero attached hydrogens (tertiary/aromatic N) is 1. The molecule has 1 saturated heterocycles. The van der Waals surface area contributed by atoms with Gasteiger partial charge in [-0.15, -0.1) is 0 Å². The number of anilines is 2. The summed E-state index contributed by atoms with van der Waals surface area (Å²) in [6.45, 7) is 4.67. The van der Waals surface area contributed by atoms with E-state index in [1.807, 2.05) is 12.1 Å². The van der Waals surface area contributed by atoms with Gasteiger partial charge in [0, 0.05) is 24.5 Å². The largest absolute Gasteiger partial charge is 0.399 e. The highest BCUT2D eigenvalue weighted by molar-refractivity contribution is 5.54. The smallest absolute Gasteiger partial charge is 0.0367 e. The summed E-state index contributed by atoms with van der Waals surface area (Å²) in [7, 11) is 0.